The Morgan fingerprint density at radius 3 is 2.21 bits per heavy atom. The molecule has 7 nitrogen and oxygen atoms in total. The molecule has 2 aromatic heterocycles. The lowest BCUT2D eigenvalue weighted by atomic mass is 9.85. The van der Waals surface area contributed by atoms with E-state index in [1.54, 1.807) is 0 Å². The number of aromatic nitrogens is 4. The largest absolute Gasteiger partial charge is 0.416 e. The van der Waals surface area contributed by atoms with Crippen molar-refractivity contribution in [3.05, 3.63) is 75.0 Å². The fourth-order valence-corrected chi connectivity index (χ4v) is 3.35. The molecule has 2 heterocycles. The van der Waals surface area contributed by atoms with Gasteiger partial charge in [0.2, 0.25) is 5.91 Å². The molecule has 1 atom stereocenters. The number of hydrogen-bond donors (Lipinski definition) is 1. The Bertz CT molecular complexity index is 1280. The third-order valence-corrected chi connectivity index (χ3v) is 4.85. The minimum Gasteiger partial charge on any atom is -0.366 e. The number of rotatable bonds is 4. The van der Waals surface area contributed by atoms with Crippen molar-refractivity contribution in [2.24, 2.45) is 12.8 Å². The highest BCUT2D eigenvalue weighted by molar-refractivity contribution is 5.95. The summed E-state index contributed by atoms with van der Waals surface area (Å²) in [7, 11) is 1.34. The molecule has 0 aliphatic carbocycles. The van der Waals surface area contributed by atoms with Gasteiger partial charge in [0, 0.05) is 37.0 Å². The fourth-order valence-electron chi connectivity index (χ4n) is 3.35. The molecule has 1 amide bonds. The van der Waals surface area contributed by atoms with Crippen molar-refractivity contribution in [1.29, 1.82) is 0 Å². The summed E-state index contributed by atoms with van der Waals surface area (Å²) in [6, 6.07) is 2.64. The summed E-state index contributed by atoms with van der Waals surface area (Å²) < 4.78 is 82.2. The number of carbonyl (C=O) groups is 1. The third kappa shape index (κ3) is 4.71. The normalized spacial score (nSPS) is 13.1. The lowest BCUT2D eigenvalue weighted by molar-refractivity contribution is -0.143. The Kier molecular flexibility index (Phi) is 6.00. The van der Waals surface area contributed by atoms with Crippen LogP contribution in [0.2, 0.25) is 0 Å². The first-order valence-electron chi connectivity index (χ1n) is 9.19. The van der Waals surface area contributed by atoms with Crippen molar-refractivity contribution in [2.45, 2.75) is 25.2 Å². The lowest BCUT2D eigenvalue weighted by Crippen LogP contribution is -2.23. The number of halogens is 6. The number of amides is 1. The van der Waals surface area contributed by atoms with E-state index < -0.39 is 52.0 Å². The number of nitrogens with zero attached hydrogens (tertiary/aromatic N) is 4. The molecule has 0 saturated heterocycles. The quantitative estimate of drug-likeness (QED) is 0.587. The minimum atomic E-state index is -5.24. The molecular weight excluding hydrogens is 456 g/mol. The van der Waals surface area contributed by atoms with Gasteiger partial charge in [0.05, 0.1) is 16.8 Å². The van der Waals surface area contributed by atoms with Crippen molar-refractivity contribution >= 4 is 5.91 Å². The summed E-state index contributed by atoms with van der Waals surface area (Å²) in [4.78, 5) is 31.7. The van der Waals surface area contributed by atoms with E-state index in [1.807, 2.05) is 0 Å². The van der Waals surface area contributed by atoms with E-state index in [9.17, 15) is 35.9 Å². The molecule has 0 spiro atoms. The first-order chi connectivity index (χ1) is 15.2. The van der Waals surface area contributed by atoms with Crippen LogP contribution in [0.15, 0.2) is 41.5 Å². The second kappa shape index (κ2) is 8.30. The molecule has 0 aliphatic rings. The molecule has 3 rings (SSSR count). The average Bonchev–Trinajstić information content (AvgIpc) is 2.73. The molecule has 174 valence electrons. The van der Waals surface area contributed by atoms with E-state index >= 15 is 0 Å². The van der Waals surface area contributed by atoms with Gasteiger partial charge in [-0.05, 0) is 23.8 Å². The minimum absolute atomic E-state index is 0.0240. The van der Waals surface area contributed by atoms with Crippen LogP contribution in [0, 0.1) is 0 Å². The summed E-state index contributed by atoms with van der Waals surface area (Å²) in [6.07, 6.45) is -8.00. The van der Waals surface area contributed by atoms with Gasteiger partial charge >= 0.3 is 12.4 Å². The van der Waals surface area contributed by atoms with Crippen LogP contribution in [0.5, 0.6) is 0 Å². The predicted octanol–water partition coefficient (Wildman–Crippen LogP) is 3.53. The highest BCUT2D eigenvalue weighted by Gasteiger charge is 2.42. The van der Waals surface area contributed by atoms with E-state index in [2.05, 4.69) is 15.1 Å². The maximum absolute atomic E-state index is 13.9. The highest BCUT2D eigenvalue weighted by Crippen LogP contribution is 2.43. The topological polar surface area (TPSA) is 104 Å². The van der Waals surface area contributed by atoms with E-state index in [1.165, 1.54) is 32.4 Å². The van der Waals surface area contributed by atoms with Gasteiger partial charge in [-0.25, -0.2) is 4.68 Å². The van der Waals surface area contributed by atoms with Gasteiger partial charge in [-0.2, -0.15) is 31.4 Å². The Morgan fingerprint density at radius 2 is 1.67 bits per heavy atom. The lowest BCUT2D eigenvalue weighted by Gasteiger charge is -2.23. The van der Waals surface area contributed by atoms with Gasteiger partial charge < -0.3 is 5.73 Å². The van der Waals surface area contributed by atoms with Crippen molar-refractivity contribution in [3.8, 4) is 11.4 Å². The van der Waals surface area contributed by atoms with Crippen LogP contribution >= 0.6 is 0 Å². The third-order valence-electron chi connectivity index (χ3n) is 4.85. The zero-order valence-corrected chi connectivity index (χ0v) is 17.0. The van der Waals surface area contributed by atoms with Gasteiger partial charge in [-0.3, -0.25) is 19.6 Å². The van der Waals surface area contributed by atoms with Gasteiger partial charge in [0.25, 0.3) is 5.56 Å². The first kappa shape index (κ1) is 23.9. The van der Waals surface area contributed by atoms with Gasteiger partial charge in [0.15, 0.2) is 0 Å². The van der Waals surface area contributed by atoms with E-state index in [0.717, 1.165) is 10.7 Å². The molecule has 2 N–H and O–H groups in total. The zero-order chi connectivity index (χ0) is 24.7. The van der Waals surface area contributed by atoms with Crippen LogP contribution in [-0.4, -0.2) is 25.7 Å². The number of primary amides is 1. The Morgan fingerprint density at radius 1 is 1.03 bits per heavy atom. The Hall–Kier alpha value is -3.77. The second-order valence-electron chi connectivity index (χ2n) is 7.04. The Labute approximate surface area is 181 Å². The van der Waals surface area contributed by atoms with Crippen LogP contribution in [0.4, 0.5) is 26.3 Å². The summed E-state index contributed by atoms with van der Waals surface area (Å²) in [5, 5.41) is 3.99. The van der Waals surface area contributed by atoms with E-state index in [4.69, 9.17) is 5.73 Å². The summed E-state index contributed by atoms with van der Waals surface area (Å²) in [6.45, 7) is 1.22. The summed E-state index contributed by atoms with van der Waals surface area (Å²) in [5.74, 6) is -2.85. The molecule has 33 heavy (non-hydrogen) atoms. The molecule has 0 radical (unpaired) electrons. The summed E-state index contributed by atoms with van der Waals surface area (Å²) in [5.41, 5.74) is -0.421. The number of aryl methyl sites for hydroxylation is 1. The number of benzene rings is 1. The maximum Gasteiger partial charge on any atom is 0.416 e. The number of hydrogen-bond acceptors (Lipinski definition) is 5. The molecule has 13 heteroatoms. The fraction of sp³-hybridized carbons (Fsp3) is 0.250. The van der Waals surface area contributed by atoms with Crippen molar-refractivity contribution in [1.82, 2.24) is 19.7 Å². The molecule has 0 fully saturated rings. The van der Waals surface area contributed by atoms with Gasteiger partial charge in [0.1, 0.15) is 11.4 Å². The van der Waals surface area contributed by atoms with Crippen LogP contribution in [0.1, 0.15) is 45.6 Å². The monoisotopic (exact) mass is 471 g/mol. The van der Waals surface area contributed by atoms with E-state index in [0.29, 0.717) is 0 Å². The average molecular weight is 471 g/mol. The van der Waals surface area contributed by atoms with E-state index in [-0.39, 0.29) is 29.2 Å². The molecule has 1 unspecified atom stereocenters. The van der Waals surface area contributed by atoms with Gasteiger partial charge in [-0.1, -0.05) is 6.92 Å². The van der Waals surface area contributed by atoms with Crippen LogP contribution < -0.4 is 11.3 Å². The second-order valence-corrected chi connectivity index (χ2v) is 7.04. The number of nitrogens with two attached hydrogens (primary N) is 1. The zero-order valence-electron chi connectivity index (χ0n) is 17.0. The SMILES string of the molecule is CC(c1nccnc1-c1ccc(=O)n(C)n1)c1c(C(N)=O)cc(C(F)(F)F)cc1C(F)(F)F. The molecule has 0 saturated carbocycles. The molecular formula is C20H15F6N5O2. The maximum atomic E-state index is 13.9. The van der Waals surface area contributed by atoms with Crippen LogP contribution in [0.25, 0.3) is 11.4 Å². The van der Waals surface area contributed by atoms with Crippen molar-refractivity contribution in [2.75, 3.05) is 0 Å². The highest BCUT2D eigenvalue weighted by atomic mass is 19.4. The van der Waals surface area contributed by atoms with Crippen molar-refractivity contribution in [3.63, 3.8) is 0 Å². The van der Waals surface area contributed by atoms with Gasteiger partial charge in [-0.15, -0.1) is 0 Å². The summed E-state index contributed by atoms with van der Waals surface area (Å²) >= 11 is 0. The molecule has 0 bridgehead atoms. The molecule has 0 aliphatic heterocycles. The predicted molar refractivity (Wildman–Crippen MR) is 103 cm³/mol. The standard InChI is InChI=1S/C20H15F6N5O2/c1-9(16-17(29-6-5-28-16)13-3-4-14(32)31(2)30-13)15-11(18(27)33)7-10(19(21,22)23)8-12(15)20(24,25)26/h3-9H,1-2H3,(H2,27,33). The number of carbonyl (C=O) groups excluding carboxylic acids is 1. The first-order valence-corrected chi connectivity index (χ1v) is 9.19. The van der Waals surface area contributed by atoms with Crippen LogP contribution in [-0.2, 0) is 19.4 Å². The smallest absolute Gasteiger partial charge is 0.366 e. The van der Waals surface area contributed by atoms with Crippen LogP contribution in [0.3, 0.4) is 0 Å². The molecule has 1 aromatic carbocycles. The molecule has 3 aromatic rings. The van der Waals surface area contributed by atoms with Crippen molar-refractivity contribution < 1.29 is 31.1 Å². The number of alkyl halides is 6. The Balaban J connectivity index is 2.33.